The van der Waals surface area contributed by atoms with E-state index in [4.69, 9.17) is 39.5 Å². The summed E-state index contributed by atoms with van der Waals surface area (Å²) < 4.78 is 5.08. The smallest absolute Gasteiger partial charge is 0.339 e. The zero-order valence-corrected chi connectivity index (χ0v) is 14.1. The van der Waals surface area contributed by atoms with Gasteiger partial charge in [-0.2, -0.15) is 0 Å². The normalized spacial score (nSPS) is 11.7. The van der Waals surface area contributed by atoms with E-state index >= 15 is 0 Å². The van der Waals surface area contributed by atoms with Crippen molar-refractivity contribution in [3.05, 3.63) is 57.2 Å². The van der Waals surface area contributed by atoms with Gasteiger partial charge in [0.05, 0.1) is 10.6 Å². The van der Waals surface area contributed by atoms with Gasteiger partial charge >= 0.3 is 5.97 Å². The van der Waals surface area contributed by atoms with Crippen molar-refractivity contribution >= 4 is 52.5 Å². The van der Waals surface area contributed by atoms with Gasteiger partial charge in [-0.05, 0) is 37.3 Å². The Bertz CT molecular complexity index is 715. The van der Waals surface area contributed by atoms with Crippen molar-refractivity contribution < 1.29 is 14.3 Å². The Hall–Kier alpha value is -1.82. The third kappa shape index (κ3) is 5.10. The van der Waals surface area contributed by atoms with E-state index in [0.717, 1.165) is 0 Å². The highest BCUT2D eigenvalue weighted by Crippen LogP contribution is 2.20. The van der Waals surface area contributed by atoms with Gasteiger partial charge in [-0.15, -0.1) is 0 Å². The second kappa shape index (κ2) is 7.64. The van der Waals surface area contributed by atoms with Crippen LogP contribution < -0.4 is 5.32 Å². The Balaban J connectivity index is 1.99. The SMILES string of the molecule is C[C@@H](OC(=O)c1cc(Cl)cc(Cl)c1)C(=O)Nc1ccc(Cl)cn1. The number of ether oxygens (including phenoxy) is 1. The number of halogens is 3. The van der Waals surface area contributed by atoms with Gasteiger partial charge in [0, 0.05) is 16.2 Å². The predicted molar refractivity (Wildman–Crippen MR) is 89.2 cm³/mol. The first-order valence-corrected chi connectivity index (χ1v) is 7.58. The Kier molecular flexibility index (Phi) is 5.82. The van der Waals surface area contributed by atoms with Crippen LogP contribution in [-0.2, 0) is 9.53 Å². The number of amides is 1. The first kappa shape index (κ1) is 17.5. The first-order chi connectivity index (χ1) is 10.8. The van der Waals surface area contributed by atoms with E-state index in [1.54, 1.807) is 6.07 Å². The number of pyridine rings is 1. The van der Waals surface area contributed by atoms with Crippen LogP contribution in [0, 0.1) is 0 Å². The standard InChI is InChI=1S/C15H11Cl3N2O3/c1-8(14(21)20-13-3-2-10(16)7-19-13)23-15(22)9-4-11(17)6-12(18)5-9/h2-8H,1H3,(H,19,20,21)/t8-/m1/s1. The molecule has 1 atom stereocenters. The number of carbonyl (C=O) groups is 2. The van der Waals surface area contributed by atoms with Crippen LogP contribution in [0.3, 0.4) is 0 Å². The van der Waals surface area contributed by atoms with Crippen LogP contribution in [0.1, 0.15) is 17.3 Å². The molecule has 0 unspecified atom stereocenters. The maximum Gasteiger partial charge on any atom is 0.339 e. The zero-order valence-electron chi connectivity index (χ0n) is 11.8. The van der Waals surface area contributed by atoms with Crippen LogP contribution in [0.15, 0.2) is 36.5 Å². The summed E-state index contributed by atoms with van der Waals surface area (Å²) in [7, 11) is 0. The number of nitrogens with zero attached hydrogens (tertiary/aromatic N) is 1. The molecule has 8 heteroatoms. The minimum absolute atomic E-state index is 0.159. The largest absolute Gasteiger partial charge is 0.449 e. The van der Waals surface area contributed by atoms with Crippen LogP contribution >= 0.6 is 34.8 Å². The molecule has 120 valence electrons. The molecule has 0 bridgehead atoms. The Morgan fingerprint density at radius 1 is 1.09 bits per heavy atom. The van der Waals surface area contributed by atoms with Crippen molar-refractivity contribution in [3.63, 3.8) is 0 Å². The number of aromatic nitrogens is 1. The molecule has 0 saturated carbocycles. The number of nitrogens with one attached hydrogen (secondary N) is 1. The molecule has 23 heavy (non-hydrogen) atoms. The Labute approximate surface area is 147 Å². The lowest BCUT2D eigenvalue weighted by Gasteiger charge is -2.13. The van der Waals surface area contributed by atoms with Gasteiger partial charge in [0.1, 0.15) is 5.82 Å². The maximum absolute atomic E-state index is 12.0. The summed E-state index contributed by atoms with van der Waals surface area (Å²) in [6.07, 6.45) is 0.361. The van der Waals surface area contributed by atoms with Gasteiger partial charge in [0.25, 0.3) is 5.91 Å². The average Bonchev–Trinajstić information content (AvgIpc) is 2.48. The van der Waals surface area contributed by atoms with E-state index in [2.05, 4.69) is 10.3 Å². The van der Waals surface area contributed by atoms with Crippen molar-refractivity contribution in [2.45, 2.75) is 13.0 Å². The van der Waals surface area contributed by atoms with Crippen molar-refractivity contribution in [1.82, 2.24) is 4.98 Å². The predicted octanol–water partition coefficient (Wildman–Crippen LogP) is 4.23. The topological polar surface area (TPSA) is 68.3 Å². The van der Waals surface area contributed by atoms with E-state index in [0.29, 0.717) is 20.9 Å². The fourth-order valence-electron chi connectivity index (χ4n) is 1.63. The van der Waals surface area contributed by atoms with Crippen LogP contribution in [0.5, 0.6) is 0 Å². The molecule has 5 nitrogen and oxygen atoms in total. The number of esters is 1. The summed E-state index contributed by atoms with van der Waals surface area (Å²) in [5, 5.41) is 3.55. The van der Waals surface area contributed by atoms with Gasteiger partial charge in [-0.25, -0.2) is 9.78 Å². The second-order valence-electron chi connectivity index (χ2n) is 4.56. The molecule has 0 aliphatic heterocycles. The van der Waals surface area contributed by atoms with E-state index in [-0.39, 0.29) is 5.56 Å². The minimum Gasteiger partial charge on any atom is -0.449 e. The summed E-state index contributed by atoms with van der Waals surface area (Å²) in [4.78, 5) is 27.9. The van der Waals surface area contributed by atoms with Gasteiger partial charge in [-0.3, -0.25) is 4.79 Å². The summed E-state index contributed by atoms with van der Waals surface area (Å²) in [5.41, 5.74) is 0.159. The van der Waals surface area contributed by atoms with Gasteiger partial charge in [0.15, 0.2) is 6.10 Å². The van der Waals surface area contributed by atoms with E-state index in [9.17, 15) is 9.59 Å². The molecule has 0 saturated heterocycles. The minimum atomic E-state index is -1.03. The molecule has 0 fully saturated rings. The third-order valence-electron chi connectivity index (χ3n) is 2.73. The van der Waals surface area contributed by atoms with Crippen molar-refractivity contribution in [2.75, 3.05) is 5.32 Å². The monoisotopic (exact) mass is 372 g/mol. The van der Waals surface area contributed by atoms with E-state index in [1.165, 1.54) is 37.4 Å². The molecule has 1 heterocycles. The Morgan fingerprint density at radius 2 is 1.74 bits per heavy atom. The van der Waals surface area contributed by atoms with Gasteiger partial charge < -0.3 is 10.1 Å². The van der Waals surface area contributed by atoms with Crippen molar-refractivity contribution in [2.24, 2.45) is 0 Å². The van der Waals surface area contributed by atoms with Crippen LogP contribution in [-0.4, -0.2) is 23.0 Å². The zero-order chi connectivity index (χ0) is 17.0. The van der Waals surface area contributed by atoms with Crippen LogP contribution in [0.4, 0.5) is 5.82 Å². The fraction of sp³-hybridized carbons (Fsp3) is 0.133. The molecule has 0 aliphatic carbocycles. The lowest BCUT2D eigenvalue weighted by molar-refractivity contribution is -0.123. The molecular formula is C15H11Cl3N2O3. The molecule has 1 aromatic carbocycles. The highest BCUT2D eigenvalue weighted by Gasteiger charge is 2.20. The van der Waals surface area contributed by atoms with Gasteiger partial charge in [-0.1, -0.05) is 34.8 Å². The number of anilines is 1. The quantitative estimate of drug-likeness (QED) is 0.815. The van der Waals surface area contributed by atoms with Gasteiger partial charge in [0.2, 0.25) is 0 Å². The number of rotatable bonds is 4. The lowest BCUT2D eigenvalue weighted by Crippen LogP contribution is -2.30. The molecule has 1 aromatic heterocycles. The Morgan fingerprint density at radius 3 is 2.30 bits per heavy atom. The third-order valence-corrected chi connectivity index (χ3v) is 3.39. The molecule has 0 radical (unpaired) electrons. The second-order valence-corrected chi connectivity index (χ2v) is 5.87. The molecule has 2 rings (SSSR count). The number of hydrogen-bond donors (Lipinski definition) is 1. The summed E-state index contributed by atoms with van der Waals surface area (Å²) >= 11 is 17.4. The summed E-state index contributed by atoms with van der Waals surface area (Å²) in [6, 6.07) is 7.41. The number of carbonyl (C=O) groups excluding carboxylic acids is 2. The highest BCUT2D eigenvalue weighted by molar-refractivity contribution is 6.35. The average molecular weight is 374 g/mol. The van der Waals surface area contributed by atoms with Crippen molar-refractivity contribution in [3.8, 4) is 0 Å². The van der Waals surface area contributed by atoms with E-state index < -0.39 is 18.0 Å². The molecule has 0 spiro atoms. The highest BCUT2D eigenvalue weighted by atomic mass is 35.5. The fourth-order valence-corrected chi connectivity index (χ4v) is 2.27. The molecule has 2 aromatic rings. The molecule has 1 amide bonds. The summed E-state index contributed by atoms with van der Waals surface area (Å²) in [6.45, 7) is 1.44. The van der Waals surface area contributed by atoms with Crippen LogP contribution in [0.2, 0.25) is 15.1 Å². The molecule has 0 aliphatic rings. The van der Waals surface area contributed by atoms with Crippen molar-refractivity contribution in [1.29, 1.82) is 0 Å². The van der Waals surface area contributed by atoms with Crippen LogP contribution in [0.25, 0.3) is 0 Å². The van der Waals surface area contributed by atoms with E-state index in [1.807, 2.05) is 0 Å². The number of hydrogen-bond acceptors (Lipinski definition) is 4. The first-order valence-electron chi connectivity index (χ1n) is 6.44. The molecular weight excluding hydrogens is 363 g/mol. The summed E-state index contributed by atoms with van der Waals surface area (Å²) in [5.74, 6) is -0.935. The lowest BCUT2D eigenvalue weighted by atomic mass is 10.2. The maximum atomic E-state index is 12.0. The molecule has 1 N–H and O–H groups in total. The number of benzene rings is 1.